The van der Waals surface area contributed by atoms with E-state index in [4.69, 9.17) is 18.0 Å². The fourth-order valence-electron chi connectivity index (χ4n) is 0.990. The van der Waals surface area contributed by atoms with Crippen LogP contribution in [0.2, 0.25) is 5.02 Å². The zero-order valence-corrected chi connectivity index (χ0v) is 7.91. The maximum absolute atomic E-state index is 10.6. The van der Waals surface area contributed by atoms with Crippen molar-refractivity contribution in [3.63, 3.8) is 0 Å². The summed E-state index contributed by atoms with van der Waals surface area (Å²) in [5.41, 5.74) is 0.185. The molecule has 0 aliphatic rings. The SMILES string of the molecule is C#CCNc1cccc(Cl)c1[N+](=O)[O-]. The van der Waals surface area contributed by atoms with Crippen LogP contribution in [0.1, 0.15) is 0 Å². The molecule has 0 spiro atoms. The molecule has 0 unspecified atom stereocenters. The third kappa shape index (κ3) is 2.15. The summed E-state index contributed by atoms with van der Waals surface area (Å²) < 4.78 is 0. The number of nitro groups is 1. The average Bonchev–Trinajstić information content (AvgIpc) is 2.14. The molecule has 0 bridgehead atoms. The predicted octanol–water partition coefficient (Wildman–Crippen LogP) is 2.29. The number of terminal acetylenes is 1. The molecule has 0 saturated carbocycles. The first-order chi connectivity index (χ1) is 6.66. The van der Waals surface area contributed by atoms with Crippen LogP contribution >= 0.6 is 11.6 Å². The molecule has 1 N–H and O–H groups in total. The molecule has 4 nitrogen and oxygen atoms in total. The number of nitro benzene ring substituents is 1. The molecule has 14 heavy (non-hydrogen) atoms. The van der Waals surface area contributed by atoms with Crippen molar-refractivity contribution in [2.24, 2.45) is 0 Å². The van der Waals surface area contributed by atoms with Gasteiger partial charge in [-0.3, -0.25) is 10.1 Å². The lowest BCUT2D eigenvalue weighted by molar-refractivity contribution is -0.383. The second-order valence-electron chi connectivity index (χ2n) is 2.45. The molecule has 0 heterocycles. The van der Waals surface area contributed by atoms with Gasteiger partial charge in [0.2, 0.25) is 0 Å². The van der Waals surface area contributed by atoms with Crippen molar-refractivity contribution in [2.75, 3.05) is 11.9 Å². The number of rotatable bonds is 3. The Bertz CT molecular complexity index is 398. The van der Waals surface area contributed by atoms with Crippen molar-refractivity contribution in [3.8, 4) is 12.3 Å². The Morgan fingerprint density at radius 1 is 1.64 bits per heavy atom. The molecule has 0 saturated heterocycles. The normalized spacial score (nSPS) is 9.14. The predicted molar refractivity (Wildman–Crippen MR) is 55.4 cm³/mol. The third-order valence-corrected chi connectivity index (χ3v) is 1.86. The highest BCUT2D eigenvalue weighted by Crippen LogP contribution is 2.31. The van der Waals surface area contributed by atoms with Gasteiger partial charge in [-0.1, -0.05) is 23.6 Å². The Balaban J connectivity index is 3.09. The summed E-state index contributed by atoms with van der Waals surface area (Å²) in [6.45, 7) is 0.223. The Hall–Kier alpha value is -1.73. The van der Waals surface area contributed by atoms with E-state index in [9.17, 15) is 10.1 Å². The molecule has 0 aromatic heterocycles. The van der Waals surface area contributed by atoms with Crippen LogP contribution in [-0.4, -0.2) is 11.5 Å². The molecule has 0 aliphatic carbocycles. The number of anilines is 1. The standard InChI is InChI=1S/C9H7ClN2O2/c1-2-6-11-8-5-3-4-7(10)9(8)12(13)14/h1,3-5,11H,6H2. The maximum Gasteiger partial charge on any atom is 0.310 e. The second kappa shape index (κ2) is 4.49. The van der Waals surface area contributed by atoms with E-state index in [-0.39, 0.29) is 17.3 Å². The van der Waals surface area contributed by atoms with Gasteiger partial charge >= 0.3 is 5.69 Å². The minimum atomic E-state index is -0.540. The van der Waals surface area contributed by atoms with E-state index in [1.807, 2.05) is 0 Å². The van der Waals surface area contributed by atoms with Crippen LogP contribution in [0.4, 0.5) is 11.4 Å². The molecular weight excluding hydrogens is 204 g/mol. The Kier molecular flexibility index (Phi) is 3.32. The summed E-state index contributed by atoms with van der Waals surface area (Å²) in [5.74, 6) is 2.32. The van der Waals surface area contributed by atoms with Crippen molar-refractivity contribution in [1.82, 2.24) is 0 Å². The number of para-hydroxylation sites is 1. The van der Waals surface area contributed by atoms with Crippen molar-refractivity contribution in [2.45, 2.75) is 0 Å². The highest BCUT2D eigenvalue weighted by Gasteiger charge is 2.17. The van der Waals surface area contributed by atoms with E-state index in [0.29, 0.717) is 5.69 Å². The lowest BCUT2D eigenvalue weighted by atomic mass is 10.2. The molecule has 5 heteroatoms. The van der Waals surface area contributed by atoms with Crippen LogP contribution in [0.5, 0.6) is 0 Å². The summed E-state index contributed by atoms with van der Waals surface area (Å²) in [7, 11) is 0. The van der Waals surface area contributed by atoms with Crippen molar-refractivity contribution >= 4 is 23.0 Å². The van der Waals surface area contributed by atoms with Crippen LogP contribution in [0.25, 0.3) is 0 Å². The van der Waals surface area contributed by atoms with Gasteiger partial charge in [0, 0.05) is 0 Å². The number of hydrogen-bond acceptors (Lipinski definition) is 3. The van der Waals surface area contributed by atoms with Gasteiger partial charge in [-0.15, -0.1) is 6.42 Å². The Morgan fingerprint density at radius 3 is 2.93 bits per heavy atom. The molecule has 0 fully saturated rings. The monoisotopic (exact) mass is 210 g/mol. The van der Waals surface area contributed by atoms with E-state index < -0.39 is 4.92 Å². The number of hydrogen-bond donors (Lipinski definition) is 1. The first-order valence-corrected chi connectivity index (χ1v) is 4.15. The fraction of sp³-hybridized carbons (Fsp3) is 0.111. The topological polar surface area (TPSA) is 55.2 Å². The molecular formula is C9H7ClN2O2. The molecule has 0 radical (unpaired) electrons. The van der Waals surface area contributed by atoms with Gasteiger partial charge in [-0.25, -0.2) is 0 Å². The first kappa shape index (κ1) is 10.4. The summed E-state index contributed by atoms with van der Waals surface area (Å²) in [5, 5.41) is 13.5. The fourth-order valence-corrected chi connectivity index (χ4v) is 1.23. The van der Waals surface area contributed by atoms with Crippen LogP contribution in [-0.2, 0) is 0 Å². The minimum Gasteiger partial charge on any atom is -0.369 e. The minimum absolute atomic E-state index is 0.0945. The van der Waals surface area contributed by atoms with Crippen LogP contribution < -0.4 is 5.32 Å². The van der Waals surface area contributed by atoms with Gasteiger partial charge in [0.05, 0.1) is 11.5 Å². The van der Waals surface area contributed by atoms with E-state index in [2.05, 4.69) is 11.2 Å². The Morgan fingerprint density at radius 2 is 2.36 bits per heavy atom. The molecule has 0 aliphatic heterocycles. The summed E-state index contributed by atoms with van der Waals surface area (Å²) in [6, 6.07) is 4.64. The number of benzene rings is 1. The largest absolute Gasteiger partial charge is 0.369 e. The van der Waals surface area contributed by atoms with Gasteiger partial charge in [0.15, 0.2) is 0 Å². The van der Waals surface area contributed by atoms with E-state index in [1.165, 1.54) is 6.07 Å². The van der Waals surface area contributed by atoms with Gasteiger partial charge < -0.3 is 5.32 Å². The number of halogens is 1. The van der Waals surface area contributed by atoms with Crippen LogP contribution in [0.15, 0.2) is 18.2 Å². The highest BCUT2D eigenvalue weighted by atomic mass is 35.5. The average molecular weight is 211 g/mol. The van der Waals surface area contributed by atoms with Crippen molar-refractivity contribution in [3.05, 3.63) is 33.3 Å². The highest BCUT2D eigenvalue weighted by molar-refractivity contribution is 6.33. The van der Waals surface area contributed by atoms with Crippen molar-refractivity contribution < 1.29 is 4.92 Å². The molecule has 0 amide bonds. The quantitative estimate of drug-likeness (QED) is 0.473. The lowest BCUT2D eigenvalue weighted by Crippen LogP contribution is -2.02. The molecule has 1 aromatic carbocycles. The van der Waals surface area contributed by atoms with Crippen LogP contribution in [0.3, 0.4) is 0 Å². The smallest absolute Gasteiger partial charge is 0.310 e. The molecule has 72 valence electrons. The zero-order valence-electron chi connectivity index (χ0n) is 7.16. The zero-order chi connectivity index (χ0) is 10.6. The maximum atomic E-state index is 10.6. The lowest BCUT2D eigenvalue weighted by Gasteiger charge is -2.04. The summed E-state index contributed by atoms with van der Waals surface area (Å²) >= 11 is 5.67. The molecule has 1 rings (SSSR count). The van der Waals surface area contributed by atoms with Crippen molar-refractivity contribution in [1.29, 1.82) is 0 Å². The van der Waals surface area contributed by atoms with Gasteiger partial charge in [-0.05, 0) is 12.1 Å². The Labute approximate surface area is 86.0 Å². The summed E-state index contributed by atoms with van der Waals surface area (Å²) in [6.07, 6.45) is 5.03. The number of nitrogens with one attached hydrogen (secondary N) is 1. The van der Waals surface area contributed by atoms with Gasteiger partial charge in [0.1, 0.15) is 10.7 Å². The summed E-state index contributed by atoms with van der Waals surface area (Å²) in [4.78, 5) is 10.1. The van der Waals surface area contributed by atoms with E-state index >= 15 is 0 Å². The van der Waals surface area contributed by atoms with Crippen LogP contribution in [0, 0.1) is 22.5 Å². The number of nitrogens with zero attached hydrogens (tertiary/aromatic N) is 1. The molecule has 1 aromatic rings. The van der Waals surface area contributed by atoms with Gasteiger partial charge in [0.25, 0.3) is 0 Å². The van der Waals surface area contributed by atoms with E-state index in [1.54, 1.807) is 12.1 Å². The first-order valence-electron chi connectivity index (χ1n) is 3.77. The van der Waals surface area contributed by atoms with Gasteiger partial charge in [-0.2, -0.15) is 0 Å². The molecule has 0 atom stereocenters. The third-order valence-electron chi connectivity index (χ3n) is 1.55. The second-order valence-corrected chi connectivity index (χ2v) is 2.86. The van der Waals surface area contributed by atoms with E-state index in [0.717, 1.165) is 0 Å².